The van der Waals surface area contributed by atoms with E-state index in [1.165, 1.54) is 0 Å². The number of ketones is 1. The Hall–Kier alpha value is -2.06. The van der Waals surface area contributed by atoms with Gasteiger partial charge >= 0.3 is 0 Å². The van der Waals surface area contributed by atoms with Gasteiger partial charge < -0.3 is 4.42 Å². The highest BCUT2D eigenvalue weighted by atomic mass is 35.5. The first-order valence-electron chi connectivity index (χ1n) is 6.50. The summed E-state index contributed by atoms with van der Waals surface area (Å²) in [6, 6.07) is 15.1. The van der Waals surface area contributed by atoms with Crippen molar-refractivity contribution in [2.75, 3.05) is 0 Å². The first-order chi connectivity index (χ1) is 9.69. The molecule has 2 nitrogen and oxygen atoms in total. The van der Waals surface area contributed by atoms with Crippen molar-refractivity contribution in [1.29, 1.82) is 0 Å². The topological polar surface area (TPSA) is 30.2 Å². The molecule has 0 aliphatic carbocycles. The molecular weight excluding hydrogens is 272 g/mol. The molecule has 0 atom stereocenters. The molecule has 1 heterocycles. The maximum atomic E-state index is 11.6. The van der Waals surface area contributed by atoms with Crippen LogP contribution in [0.25, 0.3) is 22.3 Å². The highest BCUT2D eigenvalue weighted by molar-refractivity contribution is 6.34. The normalized spacial score (nSPS) is 10.9. The second-order valence-corrected chi connectivity index (χ2v) is 5.03. The minimum atomic E-state index is 0.143. The molecule has 0 radical (unpaired) electrons. The summed E-state index contributed by atoms with van der Waals surface area (Å²) in [4.78, 5) is 11.6. The van der Waals surface area contributed by atoms with Crippen LogP contribution < -0.4 is 0 Å². The summed E-state index contributed by atoms with van der Waals surface area (Å²) in [6.45, 7) is 1.86. The Balaban J connectivity index is 2.02. The van der Waals surface area contributed by atoms with Gasteiger partial charge in [0.15, 0.2) is 11.4 Å². The monoisotopic (exact) mass is 284 g/mol. The first-order valence-corrected chi connectivity index (χ1v) is 6.88. The molecule has 0 unspecified atom stereocenters. The molecule has 3 rings (SSSR count). The molecule has 0 N–H and O–H groups in total. The van der Waals surface area contributed by atoms with Gasteiger partial charge in [-0.15, -0.1) is 0 Å². The van der Waals surface area contributed by atoms with Gasteiger partial charge in [-0.05, 0) is 12.1 Å². The van der Waals surface area contributed by atoms with Crippen LogP contribution in [0, 0.1) is 0 Å². The fourth-order valence-electron chi connectivity index (χ4n) is 2.19. The summed E-state index contributed by atoms with van der Waals surface area (Å²) in [5.74, 6) is 0.896. The fraction of sp³-hybridized carbons (Fsp3) is 0.118. The van der Waals surface area contributed by atoms with E-state index < -0.39 is 0 Å². The lowest BCUT2D eigenvalue weighted by Gasteiger charge is -2.00. The summed E-state index contributed by atoms with van der Waals surface area (Å²) in [5, 5.41) is 1.58. The van der Waals surface area contributed by atoms with Gasteiger partial charge in [-0.3, -0.25) is 4.79 Å². The van der Waals surface area contributed by atoms with Crippen LogP contribution in [-0.4, -0.2) is 5.78 Å². The van der Waals surface area contributed by atoms with Crippen molar-refractivity contribution in [3.05, 3.63) is 59.1 Å². The van der Waals surface area contributed by atoms with E-state index in [1.54, 1.807) is 6.07 Å². The predicted molar refractivity (Wildman–Crippen MR) is 81.3 cm³/mol. The van der Waals surface area contributed by atoms with E-state index in [-0.39, 0.29) is 5.78 Å². The number of halogens is 1. The van der Waals surface area contributed by atoms with Crippen LogP contribution in [0.5, 0.6) is 0 Å². The van der Waals surface area contributed by atoms with E-state index in [9.17, 15) is 4.79 Å². The number of hydrogen-bond donors (Lipinski definition) is 0. The number of benzene rings is 2. The van der Waals surface area contributed by atoms with Crippen molar-refractivity contribution in [3.8, 4) is 11.3 Å². The summed E-state index contributed by atoms with van der Waals surface area (Å²) in [7, 11) is 0. The van der Waals surface area contributed by atoms with Gasteiger partial charge in [0.1, 0.15) is 5.76 Å². The number of furan rings is 1. The predicted octanol–water partition coefficient (Wildman–Crippen LogP) is 5.35. The van der Waals surface area contributed by atoms with Gasteiger partial charge in [-0.1, -0.05) is 54.9 Å². The van der Waals surface area contributed by atoms with Crippen LogP contribution in [-0.2, 0) is 0 Å². The van der Waals surface area contributed by atoms with Crippen LogP contribution in [0.3, 0.4) is 0 Å². The minimum Gasteiger partial charge on any atom is -0.455 e. The molecule has 1 aromatic heterocycles. The van der Waals surface area contributed by atoms with Crippen molar-refractivity contribution >= 4 is 28.4 Å². The molecule has 3 aromatic rings. The quantitative estimate of drug-likeness (QED) is 0.607. The standard InChI is InChI=1S/C17H13ClO2/c1-2-15(19)11-6-8-12(9-7-11)16-10-13-4-3-5-14(18)17(13)20-16/h3-10H,2H2,1H3. The molecule has 0 fully saturated rings. The second kappa shape index (κ2) is 5.14. The van der Waals surface area contributed by atoms with Crippen molar-refractivity contribution in [1.82, 2.24) is 0 Å². The van der Waals surface area contributed by atoms with Gasteiger partial charge in [0.2, 0.25) is 0 Å². The van der Waals surface area contributed by atoms with E-state index in [4.69, 9.17) is 16.0 Å². The number of carbonyl (C=O) groups excluding carboxylic acids is 1. The van der Waals surface area contributed by atoms with Crippen molar-refractivity contribution in [2.45, 2.75) is 13.3 Å². The van der Waals surface area contributed by atoms with Gasteiger partial charge in [-0.2, -0.15) is 0 Å². The average Bonchev–Trinajstić information content (AvgIpc) is 2.92. The van der Waals surface area contributed by atoms with E-state index in [0.29, 0.717) is 17.0 Å². The zero-order valence-electron chi connectivity index (χ0n) is 11.0. The Morgan fingerprint density at radius 2 is 1.90 bits per heavy atom. The SMILES string of the molecule is CCC(=O)c1ccc(-c2cc3cccc(Cl)c3o2)cc1. The second-order valence-electron chi connectivity index (χ2n) is 4.62. The number of fused-ring (bicyclic) bond motifs is 1. The number of para-hydroxylation sites is 1. The molecule has 0 spiro atoms. The first kappa shape index (κ1) is 12.9. The molecule has 20 heavy (non-hydrogen) atoms. The lowest BCUT2D eigenvalue weighted by atomic mass is 10.1. The van der Waals surface area contributed by atoms with E-state index in [2.05, 4.69) is 0 Å². The van der Waals surface area contributed by atoms with Crippen molar-refractivity contribution in [2.24, 2.45) is 0 Å². The highest BCUT2D eigenvalue weighted by Gasteiger charge is 2.09. The Morgan fingerprint density at radius 1 is 1.15 bits per heavy atom. The molecular formula is C17H13ClO2. The van der Waals surface area contributed by atoms with Crippen LogP contribution >= 0.6 is 11.6 Å². The Morgan fingerprint density at radius 3 is 2.55 bits per heavy atom. The van der Waals surface area contributed by atoms with Gasteiger partial charge in [0.25, 0.3) is 0 Å². The maximum absolute atomic E-state index is 11.6. The van der Waals surface area contributed by atoms with E-state index in [0.717, 1.165) is 22.3 Å². The molecule has 0 saturated heterocycles. The lowest BCUT2D eigenvalue weighted by molar-refractivity contribution is 0.0988. The molecule has 0 saturated carbocycles. The van der Waals surface area contributed by atoms with Crippen LogP contribution in [0.1, 0.15) is 23.7 Å². The molecule has 2 aromatic carbocycles. The molecule has 0 amide bonds. The highest BCUT2D eigenvalue weighted by Crippen LogP contribution is 2.32. The summed E-state index contributed by atoms with van der Waals surface area (Å²) < 4.78 is 5.79. The zero-order chi connectivity index (χ0) is 14.1. The van der Waals surface area contributed by atoms with Crippen molar-refractivity contribution < 1.29 is 9.21 Å². The Labute approximate surface area is 122 Å². The smallest absolute Gasteiger partial charge is 0.162 e. The van der Waals surface area contributed by atoms with Gasteiger partial charge in [0.05, 0.1) is 5.02 Å². The number of Topliss-reactive ketones (excluding diaryl/α,β-unsaturated/α-hetero) is 1. The molecule has 3 heteroatoms. The third-order valence-corrected chi connectivity index (χ3v) is 3.61. The van der Waals surface area contributed by atoms with Gasteiger partial charge in [0, 0.05) is 22.9 Å². The average molecular weight is 285 g/mol. The third-order valence-electron chi connectivity index (χ3n) is 3.31. The van der Waals surface area contributed by atoms with Crippen molar-refractivity contribution in [3.63, 3.8) is 0 Å². The summed E-state index contributed by atoms with van der Waals surface area (Å²) in [6.07, 6.45) is 0.513. The fourth-order valence-corrected chi connectivity index (χ4v) is 2.41. The van der Waals surface area contributed by atoms with Crippen LogP contribution in [0.15, 0.2) is 52.9 Å². The lowest BCUT2D eigenvalue weighted by Crippen LogP contribution is -1.95. The van der Waals surface area contributed by atoms with Crippen LogP contribution in [0.4, 0.5) is 0 Å². The Bertz CT molecular complexity index is 769. The third kappa shape index (κ3) is 2.23. The zero-order valence-corrected chi connectivity index (χ0v) is 11.8. The Kier molecular flexibility index (Phi) is 3.33. The number of hydrogen-bond acceptors (Lipinski definition) is 2. The van der Waals surface area contributed by atoms with E-state index >= 15 is 0 Å². The van der Waals surface area contributed by atoms with E-state index in [1.807, 2.05) is 49.4 Å². The molecule has 0 aliphatic rings. The maximum Gasteiger partial charge on any atom is 0.162 e. The summed E-state index contributed by atoms with van der Waals surface area (Å²) >= 11 is 6.11. The van der Waals surface area contributed by atoms with Gasteiger partial charge in [-0.25, -0.2) is 0 Å². The largest absolute Gasteiger partial charge is 0.455 e. The summed E-state index contributed by atoms with van der Waals surface area (Å²) in [5.41, 5.74) is 2.35. The number of carbonyl (C=O) groups is 1. The van der Waals surface area contributed by atoms with Crippen LogP contribution in [0.2, 0.25) is 5.02 Å². The molecule has 100 valence electrons. The molecule has 0 bridgehead atoms. The minimum absolute atomic E-state index is 0.143. The number of rotatable bonds is 3. The molecule has 0 aliphatic heterocycles.